The minimum absolute atomic E-state index is 0.260. The van der Waals surface area contributed by atoms with Crippen LogP contribution in [0.2, 0.25) is 0 Å². The zero-order valence-corrected chi connectivity index (χ0v) is 18.7. The molecule has 4 rings (SSSR count). The van der Waals surface area contributed by atoms with Gasteiger partial charge in [0, 0.05) is 11.8 Å². The van der Waals surface area contributed by atoms with Crippen LogP contribution in [-0.2, 0) is 9.59 Å². The van der Waals surface area contributed by atoms with E-state index in [1.165, 1.54) is 4.90 Å². The van der Waals surface area contributed by atoms with Crippen molar-refractivity contribution in [3.8, 4) is 5.75 Å². The van der Waals surface area contributed by atoms with Crippen molar-refractivity contribution in [1.29, 1.82) is 0 Å². The number of aryl methyl sites for hydroxylation is 3. The van der Waals surface area contributed by atoms with E-state index in [0.717, 1.165) is 22.3 Å². The fourth-order valence-electron chi connectivity index (χ4n) is 3.89. The number of nitrogens with zero attached hydrogens (tertiary/aromatic N) is 1. The second kappa shape index (κ2) is 8.71. The summed E-state index contributed by atoms with van der Waals surface area (Å²) in [5.74, 6) is -0.0248. The molecule has 0 atom stereocenters. The van der Waals surface area contributed by atoms with Crippen LogP contribution in [0.4, 0.5) is 11.4 Å². The summed E-state index contributed by atoms with van der Waals surface area (Å²) >= 11 is 0. The Morgan fingerprint density at radius 2 is 1.56 bits per heavy atom. The van der Waals surface area contributed by atoms with Crippen LogP contribution in [0.1, 0.15) is 29.2 Å². The number of carbonyl (C=O) groups is 2. The highest BCUT2D eigenvalue weighted by molar-refractivity contribution is 6.46. The van der Waals surface area contributed by atoms with Gasteiger partial charge in [-0.2, -0.15) is 0 Å². The molecule has 0 fully saturated rings. The Morgan fingerprint density at radius 1 is 0.844 bits per heavy atom. The van der Waals surface area contributed by atoms with Gasteiger partial charge in [0.1, 0.15) is 11.4 Å². The summed E-state index contributed by atoms with van der Waals surface area (Å²) in [6.07, 6.45) is 0. The molecule has 1 aliphatic rings. The van der Waals surface area contributed by atoms with Gasteiger partial charge in [0.25, 0.3) is 11.8 Å². The first-order chi connectivity index (χ1) is 15.4. The molecule has 0 saturated carbocycles. The van der Waals surface area contributed by atoms with Crippen LogP contribution < -0.4 is 15.0 Å². The molecule has 32 heavy (non-hydrogen) atoms. The van der Waals surface area contributed by atoms with Crippen molar-refractivity contribution in [2.24, 2.45) is 0 Å². The van der Waals surface area contributed by atoms with Crippen LogP contribution in [0.25, 0.3) is 5.57 Å². The van der Waals surface area contributed by atoms with Gasteiger partial charge in [-0.05, 0) is 63.1 Å². The minimum Gasteiger partial charge on any atom is -0.494 e. The molecule has 0 aromatic heterocycles. The predicted octanol–water partition coefficient (Wildman–Crippen LogP) is 5.41. The Kier molecular flexibility index (Phi) is 5.82. The molecule has 0 aliphatic carbocycles. The van der Waals surface area contributed by atoms with E-state index in [0.29, 0.717) is 29.3 Å². The van der Waals surface area contributed by atoms with Gasteiger partial charge in [-0.15, -0.1) is 0 Å². The molecular weight excluding hydrogens is 400 g/mol. The lowest BCUT2D eigenvalue weighted by Crippen LogP contribution is -2.32. The minimum atomic E-state index is -0.379. The van der Waals surface area contributed by atoms with E-state index in [-0.39, 0.29) is 17.5 Å². The molecule has 3 aromatic carbocycles. The van der Waals surface area contributed by atoms with E-state index in [2.05, 4.69) is 5.32 Å². The number of imide groups is 1. The maximum absolute atomic E-state index is 13.6. The number of ether oxygens (including phenoxy) is 1. The van der Waals surface area contributed by atoms with Gasteiger partial charge in [0.2, 0.25) is 0 Å². The molecule has 3 aromatic rings. The number of amides is 2. The summed E-state index contributed by atoms with van der Waals surface area (Å²) in [7, 11) is 0. The van der Waals surface area contributed by atoms with Crippen molar-refractivity contribution in [1.82, 2.24) is 0 Å². The number of carbonyl (C=O) groups excluding carboxylic acids is 2. The fraction of sp³-hybridized carbons (Fsp3) is 0.185. The van der Waals surface area contributed by atoms with Crippen molar-refractivity contribution < 1.29 is 14.3 Å². The summed E-state index contributed by atoms with van der Waals surface area (Å²) in [4.78, 5) is 28.4. The van der Waals surface area contributed by atoms with Crippen LogP contribution in [0.5, 0.6) is 5.75 Å². The number of rotatable bonds is 6. The molecule has 0 saturated heterocycles. The topological polar surface area (TPSA) is 58.6 Å². The van der Waals surface area contributed by atoms with Crippen LogP contribution in [0.3, 0.4) is 0 Å². The summed E-state index contributed by atoms with van der Waals surface area (Å²) in [6, 6.07) is 20.6. The molecule has 5 nitrogen and oxygen atoms in total. The third-order valence-electron chi connectivity index (χ3n) is 5.44. The van der Waals surface area contributed by atoms with Crippen molar-refractivity contribution in [2.45, 2.75) is 27.7 Å². The maximum Gasteiger partial charge on any atom is 0.282 e. The van der Waals surface area contributed by atoms with Crippen LogP contribution in [0.15, 0.2) is 72.4 Å². The molecule has 1 heterocycles. The summed E-state index contributed by atoms with van der Waals surface area (Å²) in [5, 5.41) is 3.21. The number of anilines is 2. The molecule has 0 bridgehead atoms. The highest BCUT2D eigenvalue weighted by Crippen LogP contribution is 2.35. The molecule has 0 radical (unpaired) electrons. The molecule has 162 valence electrons. The quantitative estimate of drug-likeness (QED) is 0.536. The standard InChI is InChI=1S/C27H26N2O3/c1-5-32-22-8-6-7-20(16-22)28-25-24(23-14-11-18(3)15-19(23)4)26(30)29(27(25)31)21-12-9-17(2)10-13-21/h6-16,28H,5H2,1-4H3. The van der Waals surface area contributed by atoms with E-state index in [1.807, 2.05) is 82.3 Å². The molecule has 0 spiro atoms. The average Bonchev–Trinajstić information content (AvgIpc) is 2.99. The zero-order valence-electron chi connectivity index (χ0n) is 18.7. The van der Waals surface area contributed by atoms with Gasteiger partial charge in [-0.1, -0.05) is 47.5 Å². The summed E-state index contributed by atoms with van der Waals surface area (Å²) < 4.78 is 5.59. The van der Waals surface area contributed by atoms with Crippen molar-refractivity contribution in [3.63, 3.8) is 0 Å². The second-order valence-electron chi connectivity index (χ2n) is 7.94. The Balaban J connectivity index is 1.82. The van der Waals surface area contributed by atoms with E-state index < -0.39 is 0 Å². The molecule has 1 N–H and O–H groups in total. The zero-order chi connectivity index (χ0) is 22.8. The first-order valence-electron chi connectivity index (χ1n) is 10.7. The largest absolute Gasteiger partial charge is 0.494 e. The van der Waals surface area contributed by atoms with Gasteiger partial charge >= 0.3 is 0 Å². The third-order valence-corrected chi connectivity index (χ3v) is 5.44. The number of hydrogen-bond donors (Lipinski definition) is 1. The SMILES string of the molecule is CCOc1cccc(NC2=C(c3ccc(C)cc3C)C(=O)N(c3ccc(C)cc3)C2=O)c1. The van der Waals surface area contributed by atoms with Crippen molar-refractivity contribution in [2.75, 3.05) is 16.8 Å². The number of benzene rings is 3. The Bertz CT molecular complexity index is 1230. The number of nitrogens with one attached hydrogen (secondary N) is 1. The molecule has 2 amide bonds. The van der Waals surface area contributed by atoms with E-state index in [1.54, 1.807) is 12.1 Å². The normalized spacial score (nSPS) is 13.7. The maximum atomic E-state index is 13.6. The highest BCUT2D eigenvalue weighted by atomic mass is 16.5. The highest BCUT2D eigenvalue weighted by Gasteiger charge is 2.40. The predicted molar refractivity (Wildman–Crippen MR) is 128 cm³/mol. The van der Waals surface area contributed by atoms with Gasteiger partial charge < -0.3 is 10.1 Å². The van der Waals surface area contributed by atoms with Gasteiger partial charge in [0.15, 0.2) is 0 Å². The Hall–Kier alpha value is -3.86. The van der Waals surface area contributed by atoms with Crippen LogP contribution >= 0.6 is 0 Å². The Labute approximate surface area is 188 Å². The fourth-order valence-corrected chi connectivity index (χ4v) is 3.89. The van der Waals surface area contributed by atoms with E-state index >= 15 is 0 Å². The van der Waals surface area contributed by atoms with Crippen LogP contribution in [-0.4, -0.2) is 18.4 Å². The van der Waals surface area contributed by atoms with Gasteiger partial charge in [-0.3, -0.25) is 9.59 Å². The van der Waals surface area contributed by atoms with Gasteiger partial charge in [-0.25, -0.2) is 4.90 Å². The van der Waals surface area contributed by atoms with Gasteiger partial charge in [0.05, 0.1) is 17.9 Å². The van der Waals surface area contributed by atoms with E-state index in [9.17, 15) is 9.59 Å². The molecule has 5 heteroatoms. The first-order valence-corrected chi connectivity index (χ1v) is 10.7. The number of hydrogen-bond acceptors (Lipinski definition) is 4. The van der Waals surface area contributed by atoms with Crippen LogP contribution in [0, 0.1) is 20.8 Å². The Morgan fingerprint density at radius 3 is 2.25 bits per heavy atom. The summed E-state index contributed by atoms with van der Waals surface area (Å²) in [6.45, 7) is 8.38. The lowest BCUT2D eigenvalue weighted by molar-refractivity contribution is -0.120. The molecule has 1 aliphatic heterocycles. The summed E-state index contributed by atoms with van der Waals surface area (Å²) in [5.41, 5.74) is 5.69. The smallest absolute Gasteiger partial charge is 0.282 e. The van der Waals surface area contributed by atoms with E-state index in [4.69, 9.17) is 4.74 Å². The molecular formula is C27H26N2O3. The molecule has 0 unspecified atom stereocenters. The average molecular weight is 427 g/mol. The second-order valence-corrected chi connectivity index (χ2v) is 7.94. The lowest BCUT2D eigenvalue weighted by atomic mass is 9.97. The van der Waals surface area contributed by atoms with Crippen molar-refractivity contribution in [3.05, 3.63) is 94.7 Å². The monoisotopic (exact) mass is 426 g/mol. The first kappa shape index (κ1) is 21.4. The van der Waals surface area contributed by atoms with Crippen molar-refractivity contribution >= 4 is 28.8 Å². The lowest BCUT2D eigenvalue weighted by Gasteiger charge is -2.16. The third kappa shape index (κ3) is 4.02.